The average Bonchev–Trinajstić information content (AvgIpc) is 2.96. The van der Waals surface area contributed by atoms with Crippen LogP contribution >= 0.6 is 0 Å². The van der Waals surface area contributed by atoms with E-state index in [1.165, 1.54) is 17.2 Å². The number of benzene rings is 1. The van der Waals surface area contributed by atoms with Crippen molar-refractivity contribution in [2.75, 3.05) is 51.4 Å². The highest BCUT2D eigenvalue weighted by Gasteiger charge is 2.26. The maximum absolute atomic E-state index is 13.3. The number of hydrogen-bond acceptors (Lipinski definition) is 9. The Labute approximate surface area is 252 Å². The van der Waals surface area contributed by atoms with E-state index in [2.05, 4.69) is 31.2 Å². The van der Waals surface area contributed by atoms with Crippen molar-refractivity contribution < 1.29 is 19.2 Å². The van der Waals surface area contributed by atoms with Gasteiger partial charge in [-0.15, -0.1) is 0 Å². The number of primary amides is 1. The van der Waals surface area contributed by atoms with E-state index in [0.29, 0.717) is 48.1 Å². The Morgan fingerprint density at radius 2 is 1.74 bits per heavy atom. The molecule has 0 aliphatic heterocycles. The van der Waals surface area contributed by atoms with Crippen molar-refractivity contribution in [1.82, 2.24) is 30.4 Å². The number of nitrogens with two attached hydrogens (primary N) is 1. The molecule has 0 saturated heterocycles. The number of anilines is 3. The van der Waals surface area contributed by atoms with Crippen molar-refractivity contribution in [3.05, 3.63) is 53.7 Å². The van der Waals surface area contributed by atoms with Gasteiger partial charge in [-0.25, -0.2) is 4.98 Å². The molecule has 2 unspecified atom stereocenters. The van der Waals surface area contributed by atoms with Crippen LogP contribution in [-0.2, 0) is 9.59 Å². The van der Waals surface area contributed by atoms with Gasteiger partial charge in [0.2, 0.25) is 23.7 Å². The number of likely N-dealkylation sites (N-methyl/N-ethyl adjacent to an activating group) is 2. The minimum absolute atomic E-state index is 0.0435. The Balaban J connectivity index is 1.58. The lowest BCUT2D eigenvalue weighted by molar-refractivity contribution is -0.131. The monoisotopic (exact) mass is 593 g/mol. The average molecular weight is 594 g/mol. The van der Waals surface area contributed by atoms with Crippen LogP contribution in [0.5, 0.6) is 0 Å². The van der Waals surface area contributed by atoms with Crippen molar-refractivity contribution in [3.63, 3.8) is 0 Å². The van der Waals surface area contributed by atoms with E-state index >= 15 is 0 Å². The second-order valence-corrected chi connectivity index (χ2v) is 10.9. The summed E-state index contributed by atoms with van der Waals surface area (Å²) in [6.07, 6.45) is 8.54. The predicted octanol–water partition coefficient (Wildman–Crippen LogP) is 1.87. The van der Waals surface area contributed by atoms with E-state index in [0.717, 1.165) is 25.7 Å². The van der Waals surface area contributed by atoms with Crippen LogP contribution in [0.4, 0.5) is 17.5 Å². The molecular weight excluding hydrogens is 550 g/mol. The molecule has 0 spiro atoms. The van der Waals surface area contributed by atoms with Gasteiger partial charge in [-0.05, 0) is 70.5 Å². The molecule has 1 aliphatic rings. The van der Waals surface area contributed by atoms with Gasteiger partial charge in [0.15, 0.2) is 0 Å². The molecule has 0 bridgehead atoms. The van der Waals surface area contributed by atoms with Crippen molar-refractivity contribution in [3.8, 4) is 0 Å². The summed E-state index contributed by atoms with van der Waals surface area (Å²) in [4.78, 5) is 61.7. The molecule has 1 aromatic carbocycles. The molecule has 13 heteroatoms. The summed E-state index contributed by atoms with van der Waals surface area (Å²) in [6, 6.07) is 6.35. The quantitative estimate of drug-likeness (QED) is 0.205. The summed E-state index contributed by atoms with van der Waals surface area (Å²) in [6.45, 7) is 3.22. The Hall–Kier alpha value is -4.52. The Bertz CT molecular complexity index is 1300. The molecule has 3 rings (SSSR count). The molecule has 1 heterocycles. The Morgan fingerprint density at radius 3 is 2.40 bits per heavy atom. The normalized spacial score (nSPS) is 16.5. The van der Waals surface area contributed by atoms with Gasteiger partial charge in [0.1, 0.15) is 11.4 Å². The minimum Gasteiger partial charge on any atom is -0.369 e. The summed E-state index contributed by atoms with van der Waals surface area (Å²) >= 11 is 0. The van der Waals surface area contributed by atoms with Crippen LogP contribution in [-0.4, -0.2) is 96.3 Å². The molecule has 13 nitrogen and oxygen atoms in total. The van der Waals surface area contributed by atoms with Crippen molar-refractivity contribution in [2.24, 2.45) is 5.73 Å². The van der Waals surface area contributed by atoms with Crippen molar-refractivity contribution >= 4 is 41.1 Å². The molecule has 2 aromatic rings. The zero-order chi connectivity index (χ0) is 31.4. The fourth-order valence-electron chi connectivity index (χ4n) is 4.61. The van der Waals surface area contributed by atoms with Crippen molar-refractivity contribution in [1.29, 1.82) is 0 Å². The second kappa shape index (κ2) is 16.2. The van der Waals surface area contributed by atoms with Gasteiger partial charge in [-0.2, -0.15) is 4.98 Å². The number of carbonyl (C=O) groups is 4. The Morgan fingerprint density at radius 1 is 1.05 bits per heavy atom. The third-order valence-corrected chi connectivity index (χ3v) is 6.86. The van der Waals surface area contributed by atoms with E-state index < -0.39 is 5.91 Å². The smallest absolute Gasteiger partial charge is 0.256 e. The first-order valence-electron chi connectivity index (χ1n) is 14.5. The lowest BCUT2D eigenvalue weighted by Gasteiger charge is -2.31. The minimum atomic E-state index is -0.515. The molecule has 1 aromatic heterocycles. The van der Waals surface area contributed by atoms with E-state index in [-0.39, 0.29) is 36.3 Å². The molecule has 2 atom stereocenters. The number of nitrogens with zero attached hydrogens (tertiary/aromatic N) is 4. The van der Waals surface area contributed by atoms with Gasteiger partial charge < -0.3 is 36.8 Å². The molecule has 4 amide bonds. The van der Waals surface area contributed by atoms with Gasteiger partial charge in [0, 0.05) is 55.7 Å². The van der Waals surface area contributed by atoms with E-state index in [1.54, 1.807) is 37.4 Å². The second-order valence-electron chi connectivity index (χ2n) is 10.9. The predicted molar refractivity (Wildman–Crippen MR) is 166 cm³/mol. The maximum atomic E-state index is 13.3. The van der Waals surface area contributed by atoms with E-state index in [1.807, 2.05) is 25.9 Å². The summed E-state index contributed by atoms with van der Waals surface area (Å²) in [7, 11) is 5.41. The standard InChI is InChI=1S/C30H43N9O4/c1-5-15-32-28-24(18-33-30(37-28)36-21-13-11-20(12-14-21)27(31)42)29(43)35-23-9-6-8-22(17-23)34-25(40)19-39(4)26(41)10-7-16-38(2)3/h7,10-14,18,22-23H,5-6,8-9,15-17,19H2,1-4H3,(H2,31,42)(H,34,40)(H,35,43)(H2,32,33,36,37). The summed E-state index contributed by atoms with van der Waals surface area (Å²) in [5.74, 6) is -0.594. The molecule has 232 valence electrons. The highest BCUT2D eigenvalue weighted by Crippen LogP contribution is 2.22. The molecule has 1 fully saturated rings. The fraction of sp³-hybridized carbons (Fsp3) is 0.467. The first-order chi connectivity index (χ1) is 20.5. The fourth-order valence-corrected chi connectivity index (χ4v) is 4.61. The first-order valence-corrected chi connectivity index (χ1v) is 14.5. The van der Waals surface area contributed by atoms with Crippen LogP contribution in [0.2, 0.25) is 0 Å². The zero-order valence-corrected chi connectivity index (χ0v) is 25.4. The zero-order valence-electron chi connectivity index (χ0n) is 25.4. The van der Waals surface area contributed by atoms with Gasteiger partial charge >= 0.3 is 0 Å². The van der Waals surface area contributed by atoms with E-state index in [4.69, 9.17) is 5.73 Å². The number of nitrogens with one attached hydrogen (secondary N) is 4. The highest BCUT2D eigenvalue weighted by atomic mass is 16.2. The first kappa shape index (κ1) is 33.0. The molecule has 1 aliphatic carbocycles. The van der Waals surface area contributed by atoms with Gasteiger partial charge in [0.05, 0.1) is 6.54 Å². The lowest BCUT2D eigenvalue weighted by atomic mass is 9.90. The molecular formula is C30H43N9O4. The number of amides is 4. The van der Waals surface area contributed by atoms with Gasteiger partial charge in [0.25, 0.3) is 5.91 Å². The summed E-state index contributed by atoms with van der Waals surface area (Å²) in [5, 5.41) is 12.4. The summed E-state index contributed by atoms with van der Waals surface area (Å²) in [5.41, 5.74) is 6.67. The van der Waals surface area contributed by atoms with Crippen LogP contribution in [0.15, 0.2) is 42.6 Å². The van der Waals surface area contributed by atoms with Crippen LogP contribution < -0.4 is 27.0 Å². The van der Waals surface area contributed by atoms with Crippen LogP contribution in [0.25, 0.3) is 0 Å². The molecule has 6 N–H and O–H groups in total. The lowest BCUT2D eigenvalue weighted by Crippen LogP contribution is -2.48. The van der Waals surface area contributed by atoms with Crippen LogP contribution in [0, 0.1) is 0 Å². The third-order valence-electron chi connectivity index (χ3n) is 6.86. The SMILES string of the molecule is CCCNc1nc(Nc2ccc(C(N)=O)cc2)ncc1C(=O)NC1CCCC(NC(=O)CN(C)C(=O)C=CCN(C)C)C1. The number of carbonyl (C=O) groups excluding carboxylic acids is 4. The number of rotatable bonds is 14. The topological polar surface area (TPSA) is 175 Å². The maximum Gasteiger partial charge on any atom is 0.256 e. The Kier molecular flexibility index (Phi) is 12.4. The van der Waals surface area contributed by atoms with Crippen LogP contribution in [0.1, 0.15) is 59.7 Å². The van der Waals surface area contributed by atoms with Crippen LogP contribution in [0.3, 0.4) is 0 Å². The summed E-state index contributed by atoms with van der Waals surface area (Å²) < 4.78 is 0. The molecule has 1 saturated carbocycles. The number of hydrogen-bond donors (Lipinski definition) is 5. The molecule has 43 heavy (non-hydrogen) atoms. The molecule has 0 radical (unpaired) electrons. The third kappa shape index (κ3) is 10.7. The van der Waals surface area contributed by atoms with Gasteiger partial charge in [-0.1, -0.05) is 13.0 Å². The van der Waals surface area contributed by atoms with Gasteiger partial charge in [-0.3, -0.25) is 19.2 Å². The number of aromatic nitrogens is 2. The largest absolute Gasteiger partial charge is 0.369 e. The van der Waals surface area contributed by atoms with E-state index in [9.17, 15) is 19.2 Å². The highest BCUT2D eigenvalue weighted by molar-refractivity contribution is 5.99. The van der Waals surface area contributed by atoms with Crippen molar-refractivity contribution in [2.45, 2.75) is 51.1 Å².